The number of unbranched alkanes of at least 4 members (excludes halogenated alkanes) is 4. The number of carbonyl (C=O) groups excluding carboxylic acids is 1. The van der Waals surface area contributed by atoms with Crippen molar-refractivity contribution in [1.29, 1.82) is 0 Å². The Bertz CT molecular complexity index is 244. The Balaban J connectivity index is 3.19. The Hall–Kier alpha value is -0.340. The van der Waals surface area contributed by atoms with E-state index in [0.29, 0.717) is 19.4 Å². The monoisotopic (exact) mass is 292 g/mol. The number of rotatable bonds is 13. The highest BCUT2D eigenvalue weighted by Gasteiger charge is 2.00. The zero-order chi connectivity index (χ0) is 14.3. The number of esters is 1. The topological polar surface area (TPSA) is 52.6 Å². The summed E-state index contributed by atoms with van der Waals surface area (Å²) in [4.78, 5) is 10.5. The van der Waals surface area contributed by atoms with Crippen LogP contribution < -0.4 is 0 Å². The summed E-state index contributed by atoms with van der Waals surface area (Å²) in [6.07, 6.45) is 7.81. The number of hydrogen-bond acceptors (Lipinski definition) is 4. The molecule has 0 heterocycles. The molecule has 0 aliphatic carbocycles. The molecule has 1 atom stereocenters. The molecule has 0 aromatic rings. The molecule has 0 fully saturated rings. The maximum atomic E-state index is 11.7. The van der Waals surface area contributed by atoms with Crippen molar-refractivity contribution in [2.45, 2.75) is 52.4 Å². The highest BCUT2D eigenvalue weighted by Crippen LogP contribution is 2.22. The van der Waals surface area contributed by atoms with Gasteiger partial charge >= 0.3 is 5.97 Å². The Labute approximate surface area is 118 Å². The first kappa shape index (κ1) is 18.7. The van der Waals surface area contributed by atoms with Gasteiger partial charge in [-0.2, -0.15) is 0 Å². The molecule has 0 saturated carbocycles. The lowest BCUT2D eigenvalue weighted by Gasteiger charge is -2.05. The van der Waals surface area contributed by atoms with Gasteiger partial charge in [-0.1, -0.05) is 19.8 Å². The summed E-state index contributed by atoms with van der Waals surface area (Å²) in [5.41, 5.74) is 0. The maximum absolute atomic E-state index is 11.7. The largest absolute Gasteiger partial charge is 0.466 e. The number of hydrogen-bond donors (Lipinski definition) is 0. The summed E-state index contributed by atoms with van der Waals surface area (Å²) < 4.78 is 22.0. The van der Waals surface area contributed by atoms with E-state index in [9.17, 15) is 9.36 Å². The zero-order valence-corrected chi connectivity index (χ0v) is 13.4. The minimum atomic E-state index is -1.47. The molecule has 19 heavy (non-hydrogen) atoms. The van der Waals surface area contributed by atoms with E-state index in [0.717, 1.165) is 38.5 Å². The van der Waals surface area contributed by atoms with Gasteiger partial charge in [0.1, 0.15) is 0 Å². The molecule has 4 nitrogen and oxygen atoms in total. The highest BCUT2D eigenvalue weighted by molar-refractivity contribution is 7.44. The lowest BCUT2D eigenvalue weighted by molar-refractivity contribution is -0.141. The average molecular weight is 292 g/mol. The lowest BCUT2D eigenvalue weighted by atomic mass is 10.3. The molecule has 114 valence electrons. The summed E-state index contributed by atoms with van der Waals surface area (Å²) in [6.45, 7) is 5.50. The van der Waals surface area contributed by atoms with E-state index in [1.807, 2.05) is 0 Å². The van der Waals surface area contributed by atoms with E-state index < -0.39 is 7.80 Å². The van der Waals surface area contributed by atoms with Crippen LogP contribution in [0.15, 0.2) is 0 Å². The fraction of sp³-hybridized carbons (Fsp3) is 0.929. The van der Waals surface area contributed by atoms with Gasteiger partial charge in [0, 0.05) is 19.7 Å². The Kier molecular flexibility index (Phi) is 13.8. The van der Waals surface area contributed by atoms with Gasteiger partial charge in [-0.25, -0.2) is 0 Å². The minimum absolute atomic E-state index is 0.228. The molecular weight excluding hydrogens is 263 g/mol. The van der Waals surface area contributed by atoms with Crippen LogP contribution in [0.2, 0.25) is 0 Å². The first-order valence-corrected chi connectivity index (χ1v) is 9.22. The van der Waals surface area contributed by atoms with Crippen molar-refractivity contribution >= 4 is 13.8 Å². The molecule has 0 rings (SSSR count). The van der Waals surface area contributed by atoms with Crippen molar-refractivity contribution in [3.05, 3.63) is 0 Å². The van der Waals surface area contributed by atoms with Crippen LogP contribution >= 0.6 is 7.80 Å². The van der Waals surface area contributed by atoms with Crippen LogP contribution in [0.4, 0.5) is 0 Å². The molecule has 0 N–H and O–H groups in total. The Morgan fingerprint density at radius 1 is 0.947 bits per heavy atom. The third-order valence-corrected chi connectivity index (χ3v) is 4.50. The minimum Gasteiger partial charge on any atom is -0.466 e. The van der Waals surface area contributed by atoms with Crippen LogP contribution in [0.5, 0.6) is 0 Å². The van der Waals surface area contributed by atoms with Gasteiger partial charge in [-0.15, -0.1) is 0 Å². The molecule has 0 radical (unpaired) electrons. The van der Waals surface area contributed by atoms with Gasteiger partial charge in [0.15, 0.2) is 0 Å². The summed E-state index contributed by atoms with van der Waals surface area (Å²) >= 11 is 0. The van der Waals surface area contributed by atoms with Crippen LogP contribution in [0.3, 0.4) is 0 Å². The quantitative estimate of drug-likeness (QED) is 0.296. The molecular formula is C14H29O4P. The van der Waals surface area contributed by atoms with Crippen LogP contribution in [-0.4, -0.2) is 38.1 Å². The van der Waals surface area contributed by atoms with Gasteiger partial charge in [0.2, 0.25) is 0 Å². The van der Waals surface area contributed by atoms with Crippen molar-refractivity contribution in [2.24, 2.45) is 0 Å². The van der Waals surface area contributed by atoms with E-state index in [4.69, 9.17) is 9.47 Å². The SMILES string of the molecule is CCCCCOCC[PH](=O)CCCCCOC(C)=O. The zero-order valence-electron chi connectivity index (χ0n) is 12.4. The second-order valence-electron chi connectivity index (χ2n) is 4.76. The molecule has 0 amide bonds. The van der Waals surface area contributed by atoms with E-state index in [1.54, 1.807) is 0 Å². The first-order valence-electron chi connectivity index (χ1n) is 7.39. The van der Waals surface area contributed by atoms with Crippen molar-refractivity contribution in [2.75, 3.05) is 32.1 Å². The van der Waals surface area contributed by atoms with Gasteiger partial charge in [0.25, 0.3) is 0 Å². The molecule has 5 heteroatoms. The predicted octanol–water partition coefficient (Wildman–Crippen LogP) is 3.49. The molecule has 1 unspecified atom stereocenters. The van der Waals surface area contributed by atoms with Crippen LogP contribution in [0.25, 0.3) is 0 Å². The van der Waals surface area contributed by atoms with Gasteiger partial charge in [-0.3, -0.25) is 4.79 Å². The molecule has 0 aromatic carbocycles. The van der Waals surface area contributed by atoms with Gasteiger partial charge in [0.05, 0.1) is 21.0 Å². The van der Waals surface area contributed by atoms with E-state index in [2.05, 4.69) is 6.92 Å². The third kappa shape index (κ3) is 15.6. The fourth-order valence-electron chi connectivity index (χ4n) is 1.68. The second kappa shape index (κ2) is 14.1. The van der Waals surface area contributed by atoms with Crippen molar-refractivity contribution in [3.63, 3.8) is 0 Å². The van der Waals surface area contributed by atoms with Crippen LogP contribution in [-0.2, 0) is 18.8 Å². The molecule has 0 aromatic heterocycles. The van der Waals surface area contributed by atoms with E-state index in [-0.39, 0.29) is 5.97 Å². The fourth-order valence-corrected chi connectivity index (χ4v) is 2.95. The van der Waals surface area contributed by atoms with Gasteiger partial charge < -0.3 is 14.0 Å². The summed E-state index contributed by atoms with van der Waals surface area (Å²) in [5.74, 6) is -0.228. The molecule has 0 saturated heterocycles. The van der Waals surface area contributed by atoms with E-state index >= 15 is 0 Å². The normalized spacial score (nSPS) is 12.3. The van der Waals surface area contributed by atoms with Gasteiger partial charge in [-0.05, 0) is 31.8 Å². The summed E-state index contributed by atoms with van der Waals surface area (Å²) in [5, 5.41) is 0. The lowest BCUT2D eigenvalue weighted by Crippen LogP contribution is -2.01. The third-order valence-electron chi connectivity index (χ3n) is 2.82. The smallest absolute Gasteiger partial charge is 0.302 e. The first-order chi connectivity index (χ1) is 9.16. The predicted molar refractivity (Wildman–Crippen MR) is 79.6 cm³/mol. The van der Waals surface area contributed by atoms with Crippen LogP contribution in [0, 0.1) is 0 Å². The standard InChI is InChI=1S/C14H29O4P/c1-3-4-6-9-17-11-13-19(16)12-8-5-7-10-18-14(2)15/h19H,3-13H2,1-2H3. The van der Waals surface area contributed by atoms with Crippen molar-refractivity contribution < 1.29 is 18.8 Å². The van der Waals surface area contributed by atoms with Crippen molar-refractivity contribution in [3.8, 4) is 0 Å². The Morgan fingerprint density at radius 3 is 2.37 bits per heavy atom. The highest BCUT2D eigenvalue weighted by atomic mass is 31.1. The average Bonchev–Trinajstić information content (AvgIpc) is 2.37. The molecule has 0 bridgehead atoms. The molecule has 0 aliphatic heterocycles. The summed E-state index contributed by atoms with van der Waals surface area (Å²) in [6, 6.07) is 0. The Morgan fingerprint density at radius 2 is 1.68 bits per heavy atom. The summed E-state index contributed by atoms with van der Waals surface area (Å²) in [7, 11) is -1.47. The molecule has 0 spiro atoms. The van der Waals surface area contributed by atoms with Crippen molar-refractivity contribution in [1.82, 2.24) is 0 Å². The van der Waals surface area contributed by atoms with E-state index in [1.165, 1.54) is 19.8 Å². The number of ether oxygens (including phenoxy) is 2. The number of carbonyl (C=O) groups is 1. The maximum Gasteiger partial charge on any atom is 0.302 e. The second-order valence-corrected chi connectivity index (χ2v) is 6.84. The molecule has 0 aliphatic rings. The van der Waals surface area contributed by atoms with Crippen LogP contribution in [0.1, 0.15) is 52.4 Å².